The van der Waals surface area contributed by atoms with E-state index in [-0.39, 0.29) is 76.6 Å². The number of ether oxygens (including phenoxy) is 2. The Morgan fingerprint density at radius 2 is 1.00 bits per heavy atom. The van der Waals surface area contributed by atoms with Gasteiger partial charge in [-0.25, -0.2) is 19.6 Å². The molecule has 10 amide bonds. The molecule has 0 bridgehead atoms. The number of hydrogen-bond donors (Lipinski definition) is 4. The van der Waals surface area contributed by atoms with Gasteiger partial charge in [-0.05, 0) is 89.2 Å². The van der Waals surface area contributed by atoms with Crippen LogP contribution in [-0.2, 0) is 57.4 Å². The minimum Gasteiger partial charge on any atom is -0.458 e. The highest BCUT2D eigenvalue weighted by atomic mass is 16.6. The first-order valence-electron chi connectivity index (χ1n) is 33.2. The number of rotatable bonds is 9. The second-order valence-corrected chi connectivity index (χ2v) is 27.5. The summed E-state index contributed by atoms with van der Waals surface area (Å²) in [6.07, 6.45) is -1.76. The van der Waals surface area contributed by atoms with Crippen molar-refractivity contribution in [3.8, 4) is 22.9 Å². The molecule has 1 aromatic heterocycles. The Hall–Kier alpha value is -9.83. The number of cyclic esters (lactones) is 2. The number of fused-ring (bicyclic) bond motifs is 5. The Balaban J connectivity index is 1.19. The summed E-state index contributed by atoms with van der Waals surface area (Å²) >= 11 is 0. The van der Waals surface area contributed by atoms with E-state index >= 15 is 19.2 Å². The molecule has 0 radical (unpaired) electrons. The van der Waals surface area contributed by atoms with Gasteiger partial charge in [-0.15, -0.1) is 0 Å². The minimum absolute atomic E-state index is 0.00471. The van der Waals surface area contributed by atoms with E-state index in [9.17, 15) is 43.2 Å². The zero-order chi connectivity index (χ0) is 72.0. The molecule has 9 rings (SSSR count). The summed E-state index contributed by atoms with van der Waals surface area (Å²) in [7, 11) is 5.60. The third-order valence-electron chi connectivity index (χ3n) is 19.0. The molecule has 6 aliphatic rings. The van der Waals surface area contributed by atoms with Crippen molar-refractivity contribution in [2.45, 2.75) is 169 Å². The molecule has 98 heavy (non-hydrogen) atoms. The van der Waals surface area contributed by atoms with Crippen molar-refractivity contribution < 1.29 is 75.8 Å². The van der Waals surface area contributed by atoms with Crippen LogP contribution in [0.3, 0.4) is 0 Å². The second-order valence-electron chi connectivity index (χ2n) is 27.5. The van der Waals surface area contributed by atoms with Crippen molar-refractivity contribution in [1.82, 2.24) is 60.6 Å². The van der Waals surface area contributed by atoms with Crippen LogP contribution >= 0.6 is 0 Å². The van der Waals surface area contributed by atoms with Crippen LogP contribution < -0.4 is 26.7 Å². The zero-order valence-electron chi connectivity index (χ0n) is 58.2. The van der Waals surface area contributed by atoms with Gasteiger partial charge in [0.2, 0.25) is 53.1 Å². The maximum atomic E-state index is 15.9. The van der Waals surface area contributed by atoms with Gasteiger partial charge in [0.15, 0.2) is 22.4 Å². The standard InChI is InChI=1S/C69H88N12O17/c1-31(2)47-66(91)80-26-20-24-41(80)64(89)76(13)29-44(83)78(15)54(33(5)6)68(93)95-37(11)49(61(87)71-47)73-59(85)40-28-43(82)35(9)56-51(40)70-52-46(53-58(36(10)57(52)97-56)98-63(75-53)39-22-18-17-19-23-39)60(86)74-50-38(12)96-69(94)55(34(7)8)79(16)45(84)30-77(14)65(90)42-25-21-27-81(42)67(92)48(32(3)4)72-62(50)88/h17-19,22-23,28,31-34,37-38,41-42,47-50,54-55H,20-21,24-27,29-30H2,1-16H3,(H,71,87)(H,72,88)(H,73,85)(H,74,86)/t37-,38+,41+,42+,47-,48-,49+,50-,54+,55+/m1/s1. The van der Waals surface area contributed by atoms with Crippen LogP contribution in [0, 0.1) is 37.5 Å². The summed E-state index contributed by atoms with van der Waals surface area (Å²) in [5.74, 6) is -12.6. The van der Waals surface area contributed by atoms with Gasteiger partial charge in [0.25, 0.3) is 11.8 Å². The van der Waals surface area contributed by atoms with E-state index in [1.165, 1.54) is 68.6 Å². The number of nitrogens with one attached hydrogen (secondary N) is 4. The maximum Gasteiger partial charge on any atom is 0.329 e. The van der Waals surface area contributed by atoms with Gasteiger partial charge >= 0.3 is 11.9 Å². The number of benzene rings is 3. The number of amides is 10. The van der Waals surface area contributed by atoms with Crippen LogP contribution in [0.15, 0.2) is 50.0 Å². The lowest BCUT2D eigenvalue weighted by Gasteiger charge is -2.36. The normalized spacial score (nSPS) is 25.1. The molecule has 0 saturated carbocycles. The molecule has 5 aliphatic heterocycles. The fraction of sp³-hybridized carbons (Fsp3) is 0.551. The van der Waals surface area contributed by atoms with Gasteiger partial charge in [0, 0.05) is 64.0 Å². The van der Waals surface area contributed by atoms with Crippen LogP contribution in [0.25, 0.3) is 45.1 Å². The fourth-order valence-electron chi connectivity index (χ4n) is 13.4. The average molecular weight is 1360 g/mol. The monoisotopic (exact) mass is 1360 g/mol. The second kappa shape index (κ2) is 29.1. The lowest BCUT2D eigenvalue weighted by Crippen LogP contribution is -2.61. The first-order chi connectivity index (χ1) is 46.1. The number of nitrogens with zero attached hydrogens (tertiary/aromatic N) is 8. The van der Waals surface area contributed by atoms with E-state index in [4.69, 9.17) is 28.3 Å². The highest BCUT2D eigenvalue weighted by Gasteiger charge is 2.47. The van der Waals surface area contributed by atoms with Crippen molar-refractivity contribution in [1.29, 1.82) is 0 Å². The third kappa shape index (κ3) is 14.2. The summed E-state index contributed by atoms with van der Waals surface area (Å²) < 4.78 is 25.1. The van der Waals surface area contributed by atoms with Crippen molar-refractivity contribution in [2.75, 3.05) is 54.4 Å². The van der Waals surface area contributed by atoms with Gasteiger partial charge < -0.3 is 69.0 Å². The Kier molecular flexibility index (Phi) is 21.5. The molecule has 4 fully saturated rings. The summed E-state index contributed by atoms with van der Waals surface area (Å²) in [6, 6.07) is -1.40. The molecule has 0 spiro atoms. The van der Waals surface area contributed by atoms with E-state index in [0.717, 1.165) is 15.9 Å². The van der Waals surface area contributed by atoms with Crippen molar-refractivity contribution in [3.05, 3.63) is 68.9 Å². The number of carbonyl (C=O) groups is 12. The van der Waals surface area contributed by atoms with Crippen molar-refractivity contribution in [3.63, 3.8) is 0 Å². The van der Waals surface area contributed by atoms with Gasteiger partial charge in [-0.3, -0.25) is 52.7 Å². The van der Waals surface area contributed by atoms with Gasteiger partial charge in [0.1, 0.15) is 77.3 Å². The lowest BCUT2D eigenvalue weighted by atomic mass is 9.99. The molecule has 3 aromatic rings. The Morgan fingerprint density at radius 1 is 0.561 bits per heavy atom. The lowest BCUT2D eigenvalue weighted by molar-refractivity contribution is -0.163. The zero-order valence-corrected chi connectivity index (χ0v) is 58.2. The molecule has 0 unspecified atom stereocenters. The summed E-state index contributed by atoms with van der Waals surface area (Å²) in [6.45, 7) is 18.4. The summed E-state index contributed by atoms with van der Waals surface area (Å²) in [5, 5.41) is 10.9. The van der Waals surface area contributed by atoms with Crippen molar-refractivity contribution >= 4 is 93.2 Å². The maximum absolute atomic E-state index is 15.9. The number of oxazole rings is 1. The molecule has 526 valence electrons. The van der Waals surface area contributed by atoms with Gasteiger partial charge in [-0.2, -0.15) is 0 Å². The van der Waals surface area contributed by atoms with Gasteiger partial charge in [0.05, 0.1) is 24.2 Å². The molecule has 1 aliphatic carbocycles. The number of esters is 2. The predicted molar refractivity (Wildman–Crippen MR) is 354 cm³/mol. The minimum atomic E-state index is -1.88. The number of aryl methyl sites for hydroxylation is 1. The smallest absolute Gasteiger partial charge is 0.329 e. The van der Waals surface area contributed by atoms with E-state index in [0.29, 0.717) is 18.4 Å². The molecular weight excluding hydrogens is 1270 g/mol. The quantitative estimate of drug-likeness (QED) is 0.122. The number of carbonyl (C=O) groups excluding carboxylic acids is 12. The average Bonchev–Trinajstić information content (AvgIpc) is 1.34. The fourth-order valence-corrected chi connectivity index (χ4v) is 13.4. The Labute approximate surface area is 566 Å². The SMILES string of the molecule is Cc1c2oc3c(C)c4oc(-c5ccccc5)nc4c(C(=O)N[C@H]4C(=O)N[C@H](C(C)C)C(=O)N5CCC[C@H]5C(=O)N(C)CC(=O)N(C)[C@@H](C(C)C)C(=O)O[C@H]4C)c3nc-2c(C(=O)N[C@@H]2C(=O)N[C@H](C(C)C)C(=O)N3CCC[C@H]3C(=O)N(C)CC(=O)N(C)[C@@H](C(C)C)C(=O)O[C@@H]2C)cc1=O. The van der Waals surface area contributed by atoms with Crippen LogP contribution in [0.2, 0.25) is 0 Å². The molecule has 6 heterocycles. The van der Waals surface area contributed by atoms with Gasteiger partial charge in [-0.1, -0.05) is 73.6 Å². The number of hydrogen-bond acceptors (Lipinski definition) is 19. The highest BCUT2D eigenvalue weighted by Crippen LogP contribution is 2.39. The number of likely N-dealkylation sites (N-methyl/N-ethyl adjacent to an activating group) is 4. The van der Waals surface area contributed by atoms with E-state index in [1.807, 2.05) is 0 Å². The van der Waals surface area contributed by atoms with Crippen LogP contribution in [0.4, 0.5) is 0 Å². The number of aromatic nitrogens is 2. The van der Waals surface area contributed by atoms with E-state index in [2.05, 4.69) is 21.3 Å². The summed E-state index contributed by atoms with van der Waals surface area (Å²) in [5.41, 5.74) is -2.18. The Bertz CT molecular complexity index is 4050. The molecule has 10 atom stereocenters. The largest absolute Gasteiger partial charge is 0.458 e. The third-order valence-corrected chi connectivity index (χ3v) is 19.0. The topological polar surface area (TPSA) is 360 Å². The van der Waals surface area contributed by atoms with Crippen LogP contribution in [0.5, 0.6) is 0 Å². The van der Waals surface area contributed by atoms with Crippen LogP contribution in [0.1, 0.15) is 127 Å². The first-order valence-corrected chi connectivity index (χ1v) is 33.2. The molecule has 4 N–H and O–H groups in total. The van der Waals surface area contributed by atoms with E-state index < -0.39 is 185 Å². The van der Waals surface area contributed by atoms with E-state index in [1.54, 1.807) is 92.6 Å². The molecule has 2 aromatic carbocycles. The molecule has 4 saturated heterocycles. The highest BCUT2D eigenvalue weighted by molar-refractivity contribution is 6.17. The molecule has 29 heteroatoms. The Morgan fingerprint density at radius 3 is 1.45 bits per heavy atom. The van der Waals surface area contributed by atoms with Crippen molar-refractivity contribution in [2.24, 2.45) is 23.7 Å². The predicted octanol–water partition coefficient (Wildman–Crippen LogP) is 2.95. The molecular formula is C69H88N12O17. The first kappa shape index (κ1) is 72.4. The molecule has 29 nitrogen and oxygen atoms in total. The summed E-state index contributed by atoms with van der Waals surface area (Å²) in [4.78, 5) is 207. The van der Waals surface area contributed by atoms with Crippen LogP contribution in [-0.4, -0.2) is 225 Å².